The van der Waals surface area contributed by atoms with Crippen molar-refractivity contribution in [1.29, 1.82) is 0 Å². The van der Waals surface area contributed by atoms with Crippen LogP contribution in [0.2, 0.25) is 0 Å². The van der Waals surface area contributed by atoms with Gasteiger partial charge in [-0.15, -0.1) is 0 Å². The van der Waals surface area contributed by atoms with Crippen molar-refractivity contribution in [2.45, 2.75) is 13.8 Å². The Kier molecular flexibility index (Phi) is 2.30. The maximum absolute atomic E-state index is 3.75. The standard InChI is InChI=1S/C10H11Si/c1-4-9-5-6-10(11)8(3)7(9)2/h4-6H,1H2,2-3H3. The second kappa shape index (κ2) is 3.05. The highest BCUT2D eigenvalue weighted by molar-refractivity contribution is 6.33. The van der Waals surface area contributed by atoms with Gasteiger partial charge in [-0.25, -0.2) is 0 Å². The van der Waals surface area contributed by atoms with Crippen LogP contribution in [0.5, 0.6) is 0 Å². The van der Waals surface area contributed by atoms with Gasteiger partial charge >= 0.3 is 0 Å². The van der Waals surface area contributed by atoms with Gasteiger partial charge in [0.25, 0.3) is 0 Å². The molecule has 0 bridgehead atoms. The maximum atomic E-state index is 3.75. The average molecular weight is 159 g/mol. The first-order chi connectivity index (χ1) is 5.16. The summed E-state index contributed by atoms with van der Waals surface area (Å²) < 4.78 is 0. The zero-order valence-corrected chi connectivity index (χ0v) is 7.94. The molecule has 0 aromatic heterocycles. The molecule has 0 saturated heterocycles. The maximum Gasteiger partial charge on any atom is 0.0715 e. The van der Waals surface area contributed by atoms with Crippen molar-refractivity contribution in [3.63, 3.8) is 0 Å². The Morgan fingerprint density at radius 1 is 1.27 bits per heavy atom. The Bertz CT molecular complexity index is 287. The van der Waals surface area contributed by atoms with Crippen LogP contribution in [0.15, 0.2) is 18.7 Å². The Balaban J connectivity index is 3.36. The summed E-state index contributed by atoms with van der Waals surface area (Å²) in [5.74, 6) is 0. The van der Waals surface area contributed by atoms with Gasteiger partial charge in [0, 0.05) is 0 Å². The molecule has 0 aliphatic heterocycles. The van der Waals surface area contributed by atoms with Crippen LogP contribution in [0.4, 0.5) is 0 Å². The van der Waals surface area contributed by atoms with Crippen molar-refractivity contribution in [1.82, 2.24) is 0 Å². The summed E-state index contributed by atoms with van der Waals surface area (Å²) in [6, 6.07) is 4.12. The van der Waals surface area contributed by atoms with Gasteiger partial charge < -0.3 is 0 Å². The molecule has 3 radical (unpaired) electrons. The topological polar surface area (TPSA) is 0 Å². The molecule has 1 heteroatoms. The van der Waals surface area contributed by atoms with Crippen LogP contribution in [-0.4, -0.2) is 10.2 Å². The van der Waals surface area contributed by atoms with Gasteiger partial charge in [0.2, 0.25) is 0 Å². The van der Waals surface area contributed by atoms with Gasteiger partial charge in [0.05, 0.1) is 10.2 Å². The van der Waals surface area contributed by atoms with Gasteiger partial charge in [-0.3, -0.25) is 0 Å². The largest absolute Gasteiger partial charge is 0.0985 e. The van der Waals surface area contributed by atoms with E-state index in [0.29, 0.717) is 0 Å². The zero-order valence-electron chi connectivity index (χ0n) is 6.94. The summed E-state index contributed by atoms with van der Waals surface area (Å²) in [5, 5.41) is 1.16. The lowest BCUT2D eigenvalue weighted by molar-refractivity contribution is 1.35. The quantitative estimate of drug-likeness (QED) is 0.548. The average Bonchev–Trinajstić information content (AvgIpc) is 2.01. The van der Waals surface area contributed by atoms with Gasteiger partial charge in [-0.2, -0.15) is 0 Å². The fraction of sp³-hybridized carbons (Fsp3) is 0.200. The monoisotopic (exact) mass is 159 g/mol. The summed E-state index contributed by atoms with van der Waals surface area (Å²) in [6.07, 6.45) is 1.88. The molecule has 0 aliphatic rings. The minimum atomic E-state index is 1.16. The molecule has 0 N–H and O–H groups in total. The van der Waals surface area contributed by atoms with Crippen LogP contribution in [0, 0.1) is 13.8 Å². The fourth-order valence-electron chi connectivity index (χ4n) is 1.06. The molecule has 0 nitrogen and oxygen atoms in total. The van der Waals surface area contributed by atoms with Crippen molar-refractivity contribution in [2.24, 2.45) is 0 Å². The van der Waals surface area contributed by atoms with Crippen molar-refractivity contribution < 1.29 is 0 Å². The van der Waals surface area contributed by atoms with Gasteiger partial charge in [-0.1, -0.05) is 30.0 Å². The van der Waals surface area contributed by atoms with E-state index in [2.05, 4.69) is 42.8 Å². The lowest BCUT2D eigenvalue weighted by Crippen LogP contribution is -2.08. The normalized spacial score (nSPS) is 9.73. The Morgan fingerprint density at radius 3 is 2.45 bits per heavy atom. The number of hydrogen-bond donors (Lipinski definition) is 0. The van der Waals surface area contributed by atoms with E-state index in [4.69, 9.17) is 0 Å². The second-order valence-corrected chi connectivity index (χ2v) is 3.20. The molecule has 0 fully saturated rings. The van der Waals surface area contributed by atoms with Crippen molar-refractivity contribution in [2.75, 3.05) is 0 Å². The molecular weight excluding hydrogens is 148 g/mol. The highest BCUT2D eigenvalue weighted by Gasteiger charge is 1.99. The molecule has 1 aromatic carbocycles. The van der Waals surface area contributed by atoms with E-state index in [9.17, 15) is 0 Å². The predicted molar refractivity (Wildman–Crippen MR) is 51.4 cm³/mol. The van der Waals surface area contributed by atoms with Gasteiger partial charge in [0.1, 0.15) is 0 Å². The van der Waals surface area contributed by atoms with E-state index in [-0.39, 0.29) is 0 Å². The second-order valence-electron chi connectivity index (χ2n) is 2.66. The zero-order chi connectivity index (χ0) is 8.43. The summed E-state index contributed by atoms with van der Waals surface area (Å²) >= 11 is 0. The van der Waals surface area contributed by atoms with Crippen LogP contribution in [0.1, 0.15) is 16.7 Å². The molecule has 11 heavy (non-hydrogen) atoms. The fourth-order valence-corrected chi connectivity index (χ4v) is 1.33. The minimum Gasteiger partial charge on any atom is -0.0985 e. The smallest absolute Gasteiger partial charge is 0.0715 e. The number of rotatable bonds is 1. The molecule has 1 aromatic rings. The van der Waals surface area contributed by atoms with Gasteiger partial charge in [0.15, 0.2) is 0 Å². The van der Waals surface area contributed by atoms with Gasteiger partial charge in [-0.05, 0) is 30.5 Å². The highest BCUT2D eigenvalue weighted by Crippen LogP contribution is 2.10. The third-order valence-electron chi connectivity index (χ3n) is 2.05. The summed E-state index contributed by atoms with van der Waals surface area (Å²) in [7, 11) is 3.52. The Labute approximate surface area is 71.4 Å². The number of benzene rings is 1. The predicted octanol–water partition coefficient (Wildman–Crippen LogP) is 1.74. The van der Waals surface area contributed by atoms with E-state index < -0.39 is 0 Å². The van der Waals surface area contributed by atoms with Crippen LogP contribution in [-0.2, 0) is 0 Å². The molecule has 0 heterocycles. The number of hydrogen-bond acceptors (Lipinski definition) is 0. The van der Waals surface area contributed by atoms with Crippen molar-refractivity contribution in [3.8, 4) is 0 Å². The third-order valence-corrected chi connectivity index (χ3v) is 2.59. The summed E-state index contributed by atoms with van der Waals surface area (Å²) in [5.41, 5.74) is 3.80. The van der Waals surface area contributed by atoms with Crippen molar-refractivity contribution in [3.05, 3.63) is 35.4 Å². The highest BCUT2D eigenvalue weighted by atomic mass is 28.1. The Hall–Kier alpha value is -0.823. The molecule has 0 aliphatic carbocycles. The van der Waals surface area contributed by atoms with Crippen LogP contribution >= 0.6 is 0 Å². The SMILES string of the molecule is C=Cc1ccc([Si])c(C)c1C. The van der Waals surface area contributed by atoms with Crippen molar-refractivity contribution >= 4 is 21.5 Å². The van der Waals surface area contributed by atoms with Crippen LogP contribution in [0.25, 0.3) is 6.08 Å². The molecule has 0 unspecified atom stereocenters. The van der Waals surface area contributed by atoms with Crippen LogP contribution < -0.4 is 5.19 Å². The molecule has 0 atom stereocenters. The first kappa shape index (κ1) is 8.28. The van der Waals surface area contributed by atoms with E-state index in [1.807, 2.05) is 6.08 Å². The van der Waals surface area contributed by atoms with E-state index in [1.54, 1.807) is 0 Å². The van der Waals surface area contributed by atoms with E-state index in [1.165, 1.54) is 16.7 Å². The third kappa shape index (κ3) is 1.43. The summed E-state index contributed by atoms with van der Waals surface area (Å²) in [4.78, 5) is 0. The minimum absolute atomic E-state index is 1.16. The molecule has 0 amide bonds. The lowest BCUT2D eigenvalue weighted by Gasteiger charge is -2.06. The molecule has 0 saturated carbocycles. The molecular formula is C10H11Si. The van der Waals surface area contributed by atoms with E-state index in [0.717, 1.165) is 5.19 Å². The molecule has 1 rings (SSSR count). The Morgan fingerprint density at radius 2 is 1.91 bits per heavy atom. The van der Waals surface area contributed by atoms with Crippen LogP contribution in [0.3, 0.4) is 0 Å². The molecule has 0 spiro atoms. The first-order valence-electron chi connectivity index (χ1n) is 3.61. The first-order valence-corrected chi connectivity index (χ1v) is 4.11. The summed E-state index contributed by atoms with van der Waals surface area (Å²) in [6.45, 7) is 7.96. The molecule has 55 valence electrons. The van der Waals surface area contributed by atoms with E-state index >= 15 is 0 Å². The lowest BCUT2D eigenvalue weighted by atomic mass is 10.0.